The molecule has 0 aromatic heterocycles. The fourth-order valence-corrected chi connectivity index (χ4v) is 2.27. The van der Waals surface area contributed by atoms with Crippen LogP contribution in [0.2, 0.25) is 0 Å². The van der Waals surface area contributed by atoms with Gasteiger partial charge in [-0.3, -0.25) is 0 Å². The Labute approximate surface area is 120 Å². The molecular weight excluding hydrogens is 309 g/mol. The number of halogens is 2. The number of phenols is 1. The van der Waals surface area contributed by atoms with Crippen LogP contribution in [-0.2, 0) is 6.54 Å². The number of rotatable bonds is 4. The molecule has 0 aliphatic rings. The summed E-state index contributed by atoms with van der Waals surface area (Å²) >= 11 is 3.28. The molecular formula is C15H15BrFNO. The molecule has 0 bridgehead atoms. The molecule has 2 N–H and O–H groups in total. The molecule has 0 saturated heterocycles. The summed E-state index contributed by atoms with van der Waals surface area (Å²) in [4.78, 5) is 0. The van der Waals surface area contributed by atoms with E-state index < -0.39 is 0 Å². The van der Waals surface area contributed by atoms with Crippen molar-refractivity contribution < 1.29 is 9.50 Å². The second kappa shape index (κ2) is 6.17. The van der Waals surface area contributed by atoms with Crippen LogP contribution in [0.3, 0.4) is 0 Å². The van der Waals surface area contributed by atoms with Crippen molar-refractivity contribution in [3.63, 3.8) is 0 Å². The molecule has 0 amide bonds. The van der Waals surface area contributed by atoms with Crippen LogP contribution in [0.5, 0.6) is 5.75 Å². The van der Waals surface area contributed by atoms with Gasteiger partial charge in [-0.1, -0.05) is 24.3 Å². The van der Waals surface area contributed by atoms with Gasteiger partial charge in [-0.25, -0.2) is 4.39 Å². The lowest BCUT2D eigenvalue weighted by molar-refractivity contribution is 0.457. The zero-order valence-electron chi connectivity index (χ0n) is 10.5. The van der Waals surface area contributed by atoms with Gasteiger partial charge in [0.05, 0.1) is 4.47 Å². The molecule has 100 valence electrons. The van der Waals surface area contributed by atoms with Crippen molar-refractivity contribution in [1.29, 1.82) is 0 Å². The first-order valence-electron chi connectivity index (χ1n) is 6.03. The average molecular weight is 324 g/mol. The summed E-state index contributed by atoms with van der Waals surface area (Å²) in [5, 5.41) is 13.1. The number of hydrogen-bond donors (Lipinski definition) is 2. The Morgan fingerprint density at radius 3 is 2.74 bits per heavy atom. The number of aromatic hydroxyl groups is 1. The fraction of sp³-hybridized carbons (Fsp3) is 0.200. The monoisotopic (exact) mass is 323 g/mol. The quantitative estimate of drug-likeness (QED) is 0.886. The van der Waals surface area contributed by atoms with Crippen LogP contribution in [0.15, 0.2) is 46.9 Å². The van der Waals surface area contributed by atoms with Gasteiger partial charge < -0.3 is 10.4 Å². The highest BCUT2D eigenvalue weighted by molar-refractivity contribution is 9.10. The Morgan fingerprint density at radius 1 is 1.26 bits per heavy atom. The van der Waals surface area contributed by atoms with Crippen LogP contribution in [0.1, 0.15) is 24.1 Å². The van der Waals surface area contributed by atoms with Gasteiger partial charge in [0.15, 0.2) is 0 Å². The van der Waals surface area contributed by atoms with E-state index in [1.165, 1.54) is 12.1 Å². The summed E-state index contributed by atoms with van der Waals surface area (Å²) in [5.74, 6) is -0.00195. The van der Waals surface area contributed by atoms with Gasteiger partial charge in [0.25, 0.3) is 0 Å². The molecule has 0 radical (unpaired) electrons. The highest BCUT2D eigenvalue weighted by Crippen LogP contribution is 2.27. The Balaban J connectivity index is 2.04. The van der Waals surface area contributed by atoms with Crippen molar-refractivity contribution in [1.82, 2.24) is 5.32 Å². The maximum absolute atomic E-state index is 13.1. The van der Waals surface area contributed by atoms with Crippen molar-refractivity contribution in [3.8, 4) is 5.75 Å². The fourth-order valence-electron chi connectivity index (χ4n) is 1.86. The molecule has 0 saturated carbocycles. The molecule has 4 heteroatoms. The van der Waals surface area contributed by atoms with E-state index in [0.29, 0.717) is 11.0 Å². The van der Waals surface area contributed by atoms with Gasteiger partial charge in [-0.2, -0.15) is 0 Å². The minimum absolute atomic E-state index is 0.00841. The normalized spacial score (nSPS) is 12.4. The Hall–Kier alpha value is -1.39. The first-order chi connectivity index (χ1) is 9.08. The first-order valence-corrected chi connectivity index (χ1v) is 6.82. The molecule has 19 heavy (non-hydrogen) atoms. The van der Waals surface area contributed by atoms with Crippen LogP contribution in [0.25, 0.3) is 0 Å². The Morgan fingerprint density at radius 2 is 2.00 bits per heavy atom. The SMILES string of the molecule is CC(NCc1cccc(Br)c1O)c1cccc(F)c1. The molecule has 2 nitrogen and oxygen atoms in total. The first kappa shape index (κ1) is 14.0. The minimum atomic E-state index is -0.239. The third-order valence-electron chi connectivity index (χ3n) is 3.02. The van der Waals surface area contributed by atoms with E-state index in [0.717, 1.165) is 11.1 Å². The molecule has 2 rings (SSSR count). The second-order valence-corrected chi connectivity index (χ2v) is 5.26. The molecule has 1 atom stereocenters. The van der Waals surface area contributed by atoms with Gasteiger partial charge in [0.1, 0.15) is 11.6 Å². The van der Waals surface area contributed by atoms with Crippen LogP contribution in [0, 0.1) is 5.82 Å². The largest absolute Gasteiger partial charge is 0.506 e. The van der Waals surface area contributed by atoms with E-state index >= 15 is 0 Å². The van der Waals surface area contributed by atoms with Crippen LogP contribution in [-0.4, -0.2) is 5.11 Å². The number of hydrogen-bond acceptors (Lipinski definition) is 2. The summed E-state index contributed by atoms with van der Waals surface area (Å²) in [7, 11) is 0. The smallest absolute Gasteiger partial charge is 0.134 e. The molecule has 0 aliphatic carbocycles. The summed E-state index contributed by atoms with van der Waals surface area (Å²) in [5.41, 5.74) is 1.69. The summed E-state index contributed by atoms with van der Waals surface area (Å²) in [6, 6.07) is 12.0. The van der Waals surface area contributed by atoms with Gasteiger partial charge in [-0.15, -0.1) is 0 Å². The third kappa shape index (κ3) is 3.55. The van der Waals surface area contributed by atoms with E-state index in [-0.39, 0.29) is 17.6 Å². The lowest BCUT2D eigenvalue weighted by atomic mass is 10.1. The zero-order valence-corrected chi connectivity index (χ0v) is 12.1. The minimum Gasteiger partial charge on any atom is -0.506 e. The molecule has 2 aromatic rings. The Bertz CT molecular complexity index is 574. The number of benzene rings is 2. The standard InChI is InChI=1S/C15H15BrFNO/c1-10(11-4-2-6-13(17)8-11)18-9-12-5-3-7-14(16)15(12)19/h2-8,10,18-19H,9H2,1H3. The zero-order chi connectivity index (χ0) is 13.8. The predicted molar refractivity (Wildman–Crippen MR) is 77.5 cm³/mol. The van der Waals surface area contributed by atoms with E-state index in [2.05, 4.69) is 21.2 Å². The molecule has 2 aromatic carbocycles. The maximum Gasteiger partial charge on any atom is 0.134 e. The molecule has 0 fully saturated rings. The van der Waals surface area contributed by atoms with Crippen molar-refractivity contribution in [3.05, 3.63) is 63.9 Å². The maximum atomic E-state index is 13.1. The van der Waals surface area contributed by atoms with Gasteiger partial charge in [0, 0.05) is 18.2 Å². The number of nitrogens with one attached hydrogen (secondary N) is 1. The van der Waals surface area contributed by atoms with Gasteiger partial charge in [0.2, 0.25) is 0 Å². The highest BCUT2D eigenvalue weighted by atomic mass is 79.9. The lowest BCUT2D eigenvalue weighted by Gasteiger charge is -2.15. The summed E-state index contributed by atoms with van der Waals surface area (Å²) in [6.45, 7) is 2.48. The topological polar surface area (TPSA) is 32.3 Å². The van der Waals surface area contributed by atoms with E-state index in [4.69, 9.17) is 0 Å². The van der Waals surface area contributed by atoms with E-state index in [9.17, 15) is 9.50 Å². The van der Waals surface area contributed by atoms with Crippen molar-refractivity contribution in [2.75, 3.05) is 0 Å². The Kier molecular flexibility index (Phi) is 4.56. The van der Waals surface area contributed by atoms with Crippen LogP contribution in [0.4, 0.5) is 4.39 Å². The van der Waals surface area contributed by atoms with Gasteiger partial charge in [-0.05, 0) is 46.6 Å². The molecule has 0 heterocycles. The van der Waals surface area contributed by atoms with Crippen molar-refractivity contribution in [2.24, 2.45) is 0 Å². The van der Waals surface area contributed by atoms with E-state index in [1.807, 2.05) is 25.1 Å². The number of phenolic OH excluding ortho intramolecular Hbond substituents is 1. The third-order valence-corrected chi connectivity index (χ3v) is 3.66. The summed E-state index contributed by atoms with van der Waals surface area (Å²) < 4.78 is 13.8. The van der Waals surface area contributed by atoms with Crippen LogP contribution >= 0.6 is 15.9 Å². The molecule has 0 aliphatic heterocycles. The van der Waals surface area contributed by atoms with Gasteiger partial charge >= 0.3 is 0 Å². The molecule has 0 spiro atoms. The van der Waals surface area contributed by atoms with Crippen molar-refractivity contribution in [2.45, 2.75) is 19.5 Å². The molecule has 1 unspecified atom stereocenters. The van der Waals surface area contributed by atoms with Crippen molar-refractivity contribution >= 4 is 15.9 Å². The second-order valence-electron chi connectivity index (χ2n) is 4.41. The van der Waals surface area contributed by atoms with Crippen LogP contribution < -0.4 is 5.32 Å². The predicted octanol–water partition coefficient (Wildman–Crippen LogP) is 4.14. The summed E-state index contributed by atoms with van der Waals surface area (Å²) in [6.07, 6.45) is 0. The lowest BCUT2D eigenvalue weighted by Crippen LogP contribution is -2.18. The highest BCUT2D eigenvalue weighted by Gasteiger charge is 2.08. The number of para-hydroxylation sites is 1. The van der Waals surface area contributed by atoms with E-state index in [1.54, 1.807) is 12.1 Å². The average Bonchev–Trinajstić information content (AvgIpc) is 2.40.